The second kappa shape index (κ2) is 5.26. The average Bonchev–Trinajstić information content (AvgIpc) is 2.09. The van der Waals surface area contributed by atoms with Crippen LogP contribution in [0.15, 0.2) is 0 Å². The number of hydrogen-bond acceptors (Lipinski definition) is 4. The minimum absolute atomic E-state index is 0.194. The molecule has 5 nitrogen and oxygen atoms in total. The van der Waals surface area contributed by atoms with Gasteiger partial charge in [-0.1, -0.05) is 41.5 Å². The number of carboxylic acids is 1. The van der Waals surface area contributed by atoms with E-state index in [0.29, 0.717) is 0 Å². The number of aliphatic hydroxyl groups is 1. The molecule has 0 aliphatic rings. The first-order valence-corrected chi connectivity index (χ1v) is 5.94. The highest BCUT2D eigenvalue weighted by atomic mass is 16.5. The van der Waals surface area contributed by atoms with Gasteiger partial charge in [0.15, 0.2) is 5.41 Å². The van der Waals surface area contributed by atoms with Crippen LogP contribution in [0, 0.1) is 16.2 Å². The molecule has 0 rings (SSSR count). The first-order valence-electron chi connectivity index (χ1n) is 5.94. The number of rotatable bonds is 4. The summed E-state index contributed by atoms with van der Waals surface area (Å²) in [7, 11) is 0. The molecule has 18 heavy (non-hydrogen) atoms. The molecule has 0 aromatic carbocycles. The summed E-state index contributed by atoms with van der Waals surface area (Å²) in [5.74, 6) is -2.01. The Morgan fingerprint density at radius 3 is 1.61 bits per heavy atom. The molecular formula is C13H24O5. The van der Waals surface area contributed by atoms with Gasteiger partial charge in [-0.05, 0) is 10.8 Å². The molecule has 0 radical (unpaired) electrons. The lowest BCUT2D eigenvalue weighted by atomic mass is 9.54. The summed E-state index contributed by atoms with van der Waals surface area (Å²) in [5.41, 5.74) is -3.30. The summed E-state index contributed by atoms with van der Waals surface area (Å²) in [6, 6.07) is 0. The van der Waals surface area contributed by atoms with E-state index in [1.165, 1.54) is 0 Å². The van der Waals surface area contributed by atoms with E-state index in [-0.39, 0.29) is 13.2 Å². The smallest absolute Gasteiger partial charge is 0.324 e. The molecule has 106 valence electrons. The maximum Gasteiger partial charge on any atom is 0.324 e. The van der Waals surface area contributed by atoms with Crippen molar-refractivity contribution in [2.24, 2.45) is 16.2 Å². The number of hydrogen-bond donors (Lipinski definition) is 2. The third kappa shape index (κ3) is 2.66. The van der Waals surface area contributed by atoms with Crippen molar-refractivity contribution in [2.45, 2.75) is 41.5 Å². The Hall–Kier alpha value is -1.10. The van der Waals surface area contributed by atoms with Crippen LogP contribution in [0.3, 0.4) is 0 Å². The monoisotopic (exact) mass is 260 g/mol. The Bertz CT molecular complexity index is 305. The minimum atomic E-state index is -1.67. The van der Waals surface area contributed by atoms with Crippen LogP contribution in [0.1, 0.15) is 41.5 Å². The van der Waals surface area contributed by atoms with E-state index < -0.39 is 28.2 Å². The van der Waals surface area contributed by atoms with E-state index in [1.54, 1.807) is 41.5 Å². The van der Waals surface area contributed by atoms with Gasteiger partial charge in [-0.15, -0.1) is 0 Å². The molecule has 2 N–H and O–H groups in total. The van der Waals surface area contributed by atoms with E-state index in [9.17, 15) is 14.7 Å². The van der Waals surface area contributed by atoms with Crippen molar-refractivity contribution in [3.63, 3.8) is 0 Å². The Morgan fingerprint density at radius 1 is 1.00 bits per heavy atom. The van der Waals surface area contributed by atoms with Gasteiger partial charge in [-0.25, -0.2) is 0 Å². The SMILES string of the molecule is CC(C)(C)C(C(=O)O)(C(=O)OCCO)C(C)(C)C. The fraction of sp³-hybridized carbons (Fsp3) is 0.846. The Balaban J connectivity index is 5.81. The molecule has 0 unspecified atom stereocenters. The molecule has 5 heteroatoms. The van der Waals surface area contributed by atoms with Crippen molar-refractivity contribution < 1.29 is 24.5 Å². The molecule has 0 aliphatic carbocycles. The summed E-state index contributed by atoms with van der Waals surface area (Å²) in [4.78, 5) is 24.0. The largest absolute Gasteiger partial charge is 0.480 e. The molecule has 0 saturated heterocycles. The average molecular weight is 260 g/mol. The lowest BCUT2D eigenvalue weighted by Crippen LogP contribution is -2.58. The highest BCUT2D eigenvalue weighted by Crippen LogP contribution is 2.52. The van der Waals surface area contributed by atoms with E-state index in [4.69, 9.17) is 9.84 Å². The van der Waals surface area contributed by atoms with Crippen LogP contribution in [0.25, 0.3) is 0 Å². The van der Waals surface area contributed by atoms with Gasteiger partial charge >= 0.3 is 11.9 Å². The van der Waals surface area contributed by atoms with Crippen molar-refractivity contribution >= 4 is 11.9 Å². The number of aliphatic hydroxyl groups excluding tert-OH is 1. The second-order valence-electron chi connectivity index (χ2n) is 6.41. The third-order valence-corrected chi connectivity index (χ3v) is 3.20. The molecule has 0 aromatic rings. The molecule has 0 aromatic heterocycles. The van der Waals surface area contributed by atoms with Crippen molar-refractivity contribution in [3.05, 3.63) is 0 Å². The minimum Gasteiger partial charge on any atom is -0.480 e. The van der Waals surface area contributed by atoms with Gasteiger partial charge in [-0.2, -0.15) is 0 Å². The summed E-state index contributed by atoms with van der Waals surface area (Å²) >= 11 is 0. The quantitative estimate of drug-likeness (QED) is 0.593. The molecule has 0 saturated carbocycles. The summed E-state index contributed by atoms with van der Waals surface area (Å²) < 4.78 is 4.90. The predicted molar refractivity (Wildman–Crippen MR) is 67.0 cm³/mol. The van der Waals surface area contributed by atoms with Crippen molar-refractivity contribution in [2.75, 3.05) is 13.2 Å². The van der Waals surface area contributed by atoms with Gasteiger partial charge in [-0.3, -0.25) is 9.59 Å². The first-order chi connectivity index (χ1) is 7.92. The fourth-order valence-corrected chi connectivity index (χ4v) is 2.71. The van der Waals surface area contributed by atoms with E-state index in [2.05, 4.69) is 0 Å². The number of esters is 1. The van der Waals surface area contributed by atoms with Crippen LogP contribution in [0.2, 0.25) is 0 Å². The number of carbonyl (C=O) groups is 2. The van der Waals surface area contributed by atoms with E-state index >= 15 is 0 Å². The highest BCUT2D eigenvalue weighted by molar-refractivity contribution is 6.01. The molecule has 0 bridgehead atoms. The second-order valence-corrected chi connectivity index (χ2v) is 6.41. The molecule has 0 amide bonds. The molecule has 0 fully saturated rings. The van der Waals surface area contributed by atoms with Gasteiger partial charge in [0.1, 0.15) is 6.61 Å². The van der Waals surface area contributed by atoms with Crippen molar-refractivity contribution in [1.82, 2.24) is 0 Å². The maximum absolute atomic E-state index is 12.2. The predicted octanol–water partition coefficient (Wildman–Crippen LogP) is 1.69. The highest BCUT2D eigenvalue weighted by Gasteiger charge is 2.63. The number of carboxylic acid groups (broad SMARTS) is 1. The topological polar surface area (TPSA) is 83.8 Å². The zero-order chi connectivity index (χ0) is 14.8. The number of ether oxygens (including phenoxy) is 1. The zero-order valence-corrected chi connectivity index (χ0v) is 12.0. The zero-order valence-electron chi connectivity index (χ0n) is 12.0. The first kappa shape index (κ1) is 16.9. The Morgan fingerprint density at radius 2 is 1.39 bits per heavy atom. The maximum atomic E-state index is 12.2. The fourth-order valence-electron chi connectivity index (χ4n) is 2.71. The van der Waals surface area contributed by atoms with Crippen LogP contribution in [-0.2, 0) is 14.3 Å². The van der Waals surface area contributed by atoms with Crippen LogP contribution < -0.4 is 0 Å². The third-order valence-electron chi connectivity index (χ3n) is 3.20. The van der Waals surface area contributed by atoms with E-state index in [0.717, 1.165) is 0 Å². The summed E-state index contributed by atoms with van der Waals surface area (Å²) in [5, 5.41) is 18.3. The van der Waals surface area contributed by atoms with Gasteiger partial charge in [0, 0.05) is 0 Å². The van der Waals surface area contributed by atoms with Gasteiger partial charge in [0.05, 0.1) is 6.61 Å². The number of aliphatic carboxylic acids is 1. The van der Waals surface area contributed by atoms with Crippen LogP contribution >= 0.6 is 0 Å². The van der Waals surface area contributed by atoms with Crippen LogP contribution in [-0.4, -0.2) is 35.4 Å². The molecule has 0 spiro atoms. The van der Waals surface area contributed by atoms with Crippen LogP contribution in [0.5, 0.6) is 0 Å². The van der Waals surface area contributed by atoms with Gasteiger partial charge in [0.2, 0.25) is 0 Å². The normalized spacial score (nSPS) is 13.3. The lowest BCUT2D eigenvalue weighted by molar-refractivity contribution is -0.191. The van der Waals surface area contributed by atoms with Gasteiger partial charge in [0.25, 0.3) is 0 Å². The molecule has 0 aliphatic heterocycles. The lowest BCUT2D eigenvalue weighted by Gasteiger charge is -2.47. The Kier molecular flexibility index (Phi) is 4.94. The molecule has 0 heterocycles. The Labute approximate surface area is 108 Å². The summed E-state index contributed by atoms with van der Waals surface area (Å²) in [6.45, 7) is 9.69. The van der Waals surface area contributed by atoms with Crippen molar-refractivity contribution in [3.8, 4) is 0 Å². The molecular weight excluding hydrogens is 236 g/mol. The van der Waals surface area contributed by atoms with Crippen LogP contribution in [0.4, 0.5) is 0 Å². The summed E-state index contributed by atoms with van der Waals surface area (Å²) in [6.07, 6.45) is 0. The molecule has 0 atom stereocenters. The standard InChI is InChI=1S/C13H24O5/c1-11(2,3)13(9(15)16,12(4,5)6)10(17)18-8-7-14/h14H,7-8H2,1-6H3,(H,15,16). The van der Waals surface area contributed by atoms with Gasteiger partial charge < -0.3 is 14.9 Å². The number of carbonyl (C=O) groups excluding carboxylic acids is 1. The van der Waals surface area contributed by atoms with Crippen molar-refractivity contribution in [1.29, 1.82) is 0 Å². The van der Waals surface area contributed by atoms with E-state index in [1.807, 2.05) is 0 Å².